The first-order valence-corrected chi connectivity index (χ1v) is 4.91. The van der Waals surface area contributed by atoms with Gasteiger partial charge in [-0.2, -0.15) is 10.2 Å². The van der Waals surface area contributed by atoms with Gasteiger partial charge in [-0.05, 0) is 13.0 Å². The number of nitrogens with zero attached hydrogens (tertiary/aromatic N) is 4. The molecule has 6 nitrogen and oxygen atoms in total. The summed E-state index contributed by atoms with van der Waals surface area (Å²) in [6.45, 7) is 2.97. The Hall–Kier alpha value is -2.11. The van der Waals surface area contributed by atoms with Crippen molar-refractivity contribution in [2.45, 2.75) is 20.0 Å². The molecule has 16 heavy (non-hydrogen) atoms. The fraction of sp³-hybridized carbons (Fsp3) is 0.300. The highest BCUT2D eigenvalue weighted by atomic mass is 16.4. The summed E-state index contributed by atoms with van der Waals surface area (Å²) >= 11 is 0. The first-order valence-electron chi connectivity index (χ1n) is 4.91. The summed E-state index contributed by atoms with van der Waals surface area (Å²) in [5.74, 6) is -0.942. The van der Waals surface area contributed by atoms with E-state index in [1.807, 2.05) is 12.3 Å². The minimum Gasteiger partial charge on any atom is -0.478 e. The molecule has 1 N–H and O–H groups in total. The number of aryl methyl sites for hydroxylation is 3. The topological polar surface area (TPSA) is 72.9 Å². The van der Waals surface area contributed by atoms with Gasteiger partial charge in [0.2, 0.25) is 0 Å². The fourth-order valence-electron chi connectivity index (χ4n) is 1.48. The number of aromatic nitrogens is 4. The molecule has 0 bridgehead atoms. The molecule has 0 spiro atoms. The number of carboxylic acid groups (broad SMARTS) is 1. The Bertz CT molecular complexity index is 487. The monoisotopic (exact) mass is 220 g/mol. The number of hydrogen-bond donors (Lipinski definition) is 1. The first-order chi connectivity index (χ1) is 7.66. The highest BCUT2D eigenvalue weighted by Crippen LogP contribution is 2.05. The molecule has 0 amide bonds. The van der Waals surface area contributed by atoms with Crippen LogP contribution in [0.2, 0.25) is 0 Å². The maximum absolute atomic E-state index is 10.8. The molecule has 0 aromatic carbocycles. The van der Waals surface area contributed by atoms with Crippen LogP contribution < -0.4 is 0 Å². The Morgan fingerprint density at radius 3 is 2.75 bits per heavy atom. The van der Waals surface area contributed by atoms with Crippen LogP contribution in [0.25, 0.3) is 0 Å². The Labute approximate surface area is 92.1 Å². The molecule has 0 aliphatic carbocycles. The van der Waals surface area contributed by atoms with Crippen LogP contribution in [0.3, 0.4) is 0 Å². The maximum Gasteiger partial charge on any atom is 0.339 e. The highest BCUT2D eigenvalue weighted by molar-refractivity contribution is 5.88. The molecule has 2 heterocycles. The molecule has 0 fully saturated rings. The Balaban J connectivity index is 2.05. The van der Waals surface area contributed by atoms with Crippen LogP contribution in [0.15, 0.2) is 24.7 Å². The van der Waals surface area contributed by atoms with Crippen LogP contribution >= 0.6 is 0 Å². The van der Waals surface area contributed by atoms with E-state index in [9.17, 15) is 4.79 Å². The molecule has 0 radical (unpaired) electrons. The Morgan fingerprint density at radius 2 is 2.19 bits per heavy atom. The molecule has 2 aromatic rings. The lowest BCUT2D eigenvalue weighted by molar-refractivity contribution is 0.0696. The smallest absolute Gasteiger partial charge is 0.339 e. The van der Waals surface area contributed by atoms with E-state index in [4.69, 9.17) is 5.11 Å². The van der Waals surface area contributed by atoms with Gasteiger partial charge in [0.25, 0.3) is 0 Å². The number of carbonyl (C=O) groups is 1. The summed E-state index contributed by atoms with van der Waals surface area (Å²) in [7, 11) is 0. The molecule has 0 aliphatic heterocycles. The average molecular weight is 220 g/mol. The van der Waals surface area contributed by atoms with Gasteiger partial charge in [0.05, 0.1) is 18.8 Å². The summed E-state index contributed by atoms with van der Waals surface area (Å²) in [4.78, 5) is 10.8. The van der Waals surface area contributed by atoms with E-state index in [2.05, 4.69) is 10.2 Å². The first kappa shape index (κ1) is 10.4. The van der Waals surface area contributed by atoms with Crippen LogP contribution in [0.4, 0.5) is 0 Å². The molecule has 84 valence electrons. The third-order valence-electron chi connectivity index (χ3n) is 2.29. The molecule has 2 aromatic heterocycles. The summed E-state index contributed by atoms with van der Waals surface area (Å²) in [5.41, 5.74) is 0.786. The second kappa shape index (κ2) is 4.18. The normalized spacial score (nSPS) is 10.6. The zero-order valence-corrected chi connectivity index (χ0v) is 8.87. The minimum atomic E-state index is -0.942. The van der Waals surface area contributed by atoms with E-state index in [1.165, 1.54) is 0 Å². The lowest BCUT2D eigenvalue weighted by Gasteiger charge is -2.01. The van der Waals surface area contributed by atoms with Crippen molar-refractivity contribution in [3.05, 3.63) is 35.9 Å². The summed E-state index contributed by atoms with van der Waals surface area (Å²) in [6.07, 6.45) is 5.10. The van der Waals surface area contributed by atoms with Gasteiger partial charge in [0, 0.05) is 18.6 Å². The van der Waals surface area contributed by atoms with E-state index in [-0.39, 0.29) is 5.56 Å². The van der Waals surface area contributed by atoms with Crippen molar-refractivity contribution in [1.82, 2.24) is 19.6 Å². The van der Waals surface area contributed by atoms with Gasteiger partial charge in [0.15, 0.2) is 0 Å². The predicted octanol–water partition coefficient (Wildman–Crippen LogP) is 0.786. The molecular formula is C10H12N4O2. The van der Waals surface area contributed by atoms with Gasteiger partial charge in [-0.15, -0.1) is 0 Å². The lowest BCUT2D eigenvalue weighted by atomic mass is 10.3. The molecule has 0 aliphatic rings. The van der Waals surface area contributed by atoms with Gasteiger partial charge < -0.3 is 5.11 Å². The molecule has 0 saturated heterocycles. The van der Waals surface area contributed by atoms with Crippen LogP contribution in [-0.2, 0) is 13.1 Å². The highest BCUT2D eigenvalue weighted by Gasteiger charge is 2.11. The van der Waals surface area contributed by atoms with Crippen molar-refractivity contribution in [3.63, 3.8) is 0 Å². The number of carboxylic acids is 1. The molecule has 0 saturated carbocycles. The summed E-state index contributed by atoms with van der Waals surface area (Å²) in [6, 6.07) is 1.84. The van der Waals surface area contributed by atoms with Crippen molar-refractivity contribution >= 4 is 5.97 Å². The van der Waals surface area contributed by atoms with E-state index >= 15 is 0 Å². The zero-order chi connectivity index (χ0) is 11.5. The van der Waals surface area contributed by atoms with Crippen molar-refractivity contribution in [1.29, 1.82) is 0 Å². The van der Waals surface area contributed by atoms with Gasteiger partial charge in [-0.25, -0.2) is 4.79 Å². The third-order valence-corrected chi connectivity index (χ3v) is 2.29. The van der Waals surface area contributed by atoms with Crippen molar-refractivity contribution < 1.29 is 9.90 Å². The van der Waals surface area contributed by atoms with Crippen LogP contribution in [0.5, 0.6) is 0 Å². The number of hydrogen-bond acceptors (Lipinski definition) is 3. The number of aromatic carboxylic acids is 1. The van der Waals surface area contributed by atoms with E-state index < -0.39 is 5.97 Å². The van der Waals surface area contributed by atoms with Crippen molar-refractivity contribution in [3.8, 4) is 0 Å². The molecule has 6 heteroatoms. The Morgan fingerprint density at radius 1 is 1.44 bits per heavy atom. The van der Waals surface area contributed by atoms with Gasteiger partial charge in [-0.1, -0.05) is 0 Å². The van der Waals surface area contributed by atoms with Crippen LogP contribution in [-0.4, -0.2) is 30.6 Å². The quantitative estimate of drug-likeness (QED) is 0.826. The molecule has 0 atom stereocenters. The van der Waals surface area contributed by atoms with Crippen LogP contribution in [0, 0.1) is 6.92 Å². The largest absolute Gasteiger partial charge is 0.478 e. The molecule has 0 unspecified atom stereocenters. The van der Waals surface area contributed by atoms with Gasteiger partial charge in [0.1, 0.15) is 5.56 Å². The number of rotatable bonds is 4. The van der Waals surface area contributed by atoms with E-state index in [0.717, 1.165) is 0 Å². The van der Waals surface area contributed by atoms with E-state index in [1.54, 1.807) is 28.7 Å². The lowest BCUT2D eigenvalue weighted by Crippen LogP contribution is -2.08. The van der Waals surface area contributed by atoms with Crippen molar-refractivity contribution in [2.24, 2.45) is 0 Å². The zero-order valence-electron chi connectivity index (χ0n) is 8.87. The third kappa shape index (κ3) is 2.10. The average Bonchev–Trinajstić information content (AvgIpc) is 2.83. The van der Waals surface area contributed by atoms with Gasteiger partial charge in [-0.3, -0.25) is 9.36 Å². The minimum absolute atomic E-state index is 0.250. The summed E-state index contributed by atoms with van der Waals surface area (Å²) in [5, 5.41) is 17.0. The maximum atomic E-state index is 10.8. The Kier molecular flexibility index (Phi) is 2.72. The molecule has 2 rings (SSSR count). The predicted molar refractivity (Wildman–Crippen MR) is 56.2 cm³/mol. The van der Waals surface area contributed by atoms with Crippen LogP contribution in [0.1, 0.15) is 16.1 Å². The van der Waals surface area contributed by atoms with Gasteiger partial charge >= 0.3 is 5.97 Å². The molecular weight excluding hydrogens is 208 g/mol. The fourth-order valence-corrected chi connectivity index (χ4v) is 1.48. The SMILES string of the molecule is Cc1nn(CCn2cccn2)cc1C(=O)O. The second-order valence-electron chi connectivity index (χ2n) is 3.47. The summed E-state index contributed by atoms with van der Waals surface area (Å²) < 4.78 is 3.40. The standard InChI is InChI=1S/C10H12N4O2/c1-8-9(10(15)16)7-14(12-8)6-5-13-4-2-3-11-13/h2-4,7H,5-6H2,1H3,(H,15,16). The van der Waals surface area contributed by atoms with E-state index in [0.29, 0.717) is 18.8 Å². The second-order valence-corrected chi connectivity index (χ2v) is 3.47. The van der Waals surface area contributed by atoms with Crippen molar-refractivity contribution in [2.75, 3.05) is 0 Å².